The largest absolute Gasteiger partial charge is 0.478 e. The summed E-state index contributed by atoms with van der Waals surface area (Å²) in [5, 5.41) is 8.69. The van der Waals surface area contributed by atoms with Crippen molar-refractivity contribution in [2.75, 3.05) is 0 Å². The Hall–Kier alpha value is -1.79. The predicted octanol–water partition coefficient (Wildman–Crippen LogP) is 1.60. The van der Waals surface area contributed by atoms with Crippen molar-refractivity contribution in [2.45, 2.75) is 24.6 Å². The molecule has 17 heavy (non-hydrogen) atoms. The molecule has 7 heteroatoms. The van der Waals surface area contributed by atoms with E-state index >= 15 is 0 Å². The van der Waals surface area contributed by atoms with E-state index < -0.39 is 23.2 Å². The Bertz CT molecular complexity index is 528. The number of pyridine rings is 1. The molecule has 0 aromatic carbocycles. The van der Waals surface area contributed by atoms with E-state index in [1.165, 1.54) is 0 Å². The number of carbonyl (C=O) groups is 1. The van der Waals surface area contributed by atoms with Crippen molar-refractivity contribution < 1.29 is 23.1 Å². The first-order chi connectivity index (χ1) is 7.78. The average molecular weight is 247 g/mol. The van der Waals surface area contributed by atoms with Gasteiger partial charge in [-0.05, 0) is 18.9 Å². The van der Waals surface area contributed by atoms with Crippen molar-refractivity contribution in [3.63, 3.8) is 0 Å². The van der Waals surface area contributed by atoms with Gasteiger partial charge in [0.15, 0.2) is 0 Å². The van der Waals surface area contributed by atoms with Crippen LogP contribution in [0.15, 0.2) is 23.1 Å². The molecule has 1 aromatic rings. The first-order valence-electron chi connectivity index (χ1n) is 4.81. The monoisotopic (exact) mass is 247 g/mol. The van der Waals surface area contributed by atoms with Crippen LogP contribution in [-0.4, -0.2) is 21.8 Å². The Morgan fingerprint density at radius 3 is 2.35 bits per heavy atom. The Kier molecular flexibility index (Phi) is 2.30. The highest BCUT2D eigenvalue weighted by atomic mass is 19.4. The number of nitrogens with zero attached hydrogens (tertiary/aromatic N) is 1. The summed E-state index contributed by atoms with van der Waals surface area (Å²) < 4.78 is 38.8. The molecule has 1 N–H and O–H groups in total. The van der Waals surface area contributed by atoms with E-state index in [1.54, 1.807) is 0 Å². The Balaban J connectivity index is 2.57. The second-order valence-corrected chi connectivity index (χ2v) is 3.96. The highest BCUT2D eigenvalue weighted by Crippen LogP contribution is 2.54. The summed E-state index contributed by atoms with van der Waals surface area (Å²) in [4.78, 5) is 22.1. The molecule has 1 aliphatic rings. The lowest BCUT2D eigenvalue weighted by molar-refractivity contribution is -0.180. The van der Waals surface area contributed by atoms with Crippen LogP contribution in [0.1, 0.15) is 23.2 Å². The van der Waals surface area contributed by atoms with Crippen LogP contribution in [0.5, 0.6) is 0 Å². The van der Waals surface area contributed by atoms with Crippen LogP contribution in [0.2, 0.25) is 0 Å². The lowest BCUT2D eigenvalue weighted by Gasteiger charge is -2.22. The van der Waals surface area contributed by atoms with Gasteiger partial charge in [-0.3, -0.25) is 9.36 Å². The van der Waals surface area contributed by atoms with Crippen LogP contribution in [0.4, 0.5) is 13.2 Å². The van der Waals surface area contributed by atoms with E-state index in [0.29, 0.717) is 4.57 Å². The molecule has 0 atom stereocenters. The van der Waals surface area contributed by atoms with E-state index in [9.17, 15) is 22.8 Å². The molecule has 0 saturated heterocycles. The maximum atomic E-state index is 12.8. The predicted molar refractivity (Wildman–Crippen MR) is 50.9 cm³/mol. The first-order valence-corrected chi connectivity index (χ1v) is 4.81. The van der Waals surface area contributed by atoms with E-state index in [4.69, 9.17) is 5.11 Å². The summed E-state index contributed by atoms with van der Waals surface area (Å²) in [5.74, 6) is -1.36. The van der Waals surface area contributed by atoms with Crippen LogP contribution in [0.25, 0.3) is 0 Å². The molecular weight excluding hydrogens is 239 g/mol. The number of hydrogen-bond acceptors (Lipinski definition) is 2. The Labute approximate surface area is 93.3 Å². The molecule has 2 rings (SSSR count). The van der Waals surface area contributed by atoms with Crippen molar-refractivity contribution >= 4 is 5.97 Å². The number of carboxylic acids is 1. The fourth-order valence-corrected chi connectivity index (χ4v) is 1.73. The third-order valence-corrected chi connectivity index (χ3v) is 2.87. The molecule has 0 radical (unpaired) electrons. The van der Waals surface area contributed by atoms with Gasteiger partial charge < -0.3 is 5.11 Å². The minimum atomic E-state index is -4.55. The number of aromatic nitrogens is 1. The molecule has 92 valence electrons. The zero-order valence-corrected chi connectivity index (χ0v) is 8.49. The smallest absolute Gasteiger partial charge is 0.412 e. The number of alkyl halides is 3. The van der Waals surface area contributed by atoms with Crippen LogP contribution >= 0.6 is 0 Å². The molecule has 1 fully saturated rings. The van der Waals surface area contributed by atoms with Gasteiger partial charge in [0, 0.05) is 12.3 Å². The molecule has 0 amide bonds. The third-order valence-electron chi connectivity index (χ3n) is 2.87. The number of hydrogen-bond donors (Lipinski definition) is 1. The van der Waals surface area contributed by atoms with Gasteiger partial charge in [-0.25, -0.2) is 4.79 Å². The summed E-state index contributed by atoms with van der Waals surface area (Å²) in [5.41, 5.74) is -3.39. The topological polar surface area (TPSA) is 59.3 Å². The number of halogens is 3. The number of aromatic carboxylic acids is 1. The van der Waals surface area contributed by atoms with Crippen molar-refractivity contribution in [3.05, 3.63) is 34.2 Å². The summed E-state index contributed by atoms with van der Waals surface area (Å²) in [6, 6.07) is 1.84. The zero-order chi connectivity index (χ0) is 12.8. The summed E-state index contributed by atoms with van der Waals surface area (Å²) in [7, 11) is 0. The minimum Gasteiger partial charge on any atom is -0.478 e. The normalized spacial score (nSPS) is 17.8. The van der Waals surface area contributed by atoms with Crippen molar-refractivity contribution in [3.8, 4) is 0 Å². The van der Waals surface area contributed by atoms with Gasteiger partial charge in [-0.15, -0.1) is 0 Å². The molecule has 0 aliphatic heterocycles. The molecule has 1 aromatic heterocycles. The molecule has 0 unspecified atom stereocenters. The van der Waals surface area contributed by atoms with E-state index in [2.05, 4.69) is 0 Å². The van der Waals surface area contributed by atoms with E-state index in [-0.39, 0.29) is 18.4 Å². The van der Waals surface area contributed by atoms with Gasteiger partial charge in [0.2, 0.25) is 0 Å². The minimum absolute atomic E-state index is 0.195. The fraction of sp³-hybridized carbons (Fsp3) is 0.400. The highest BCUT2D eigenvalue weighted by molar-refractivity contribution is 5.87. The quantitative estimate of drug-likeness (QED) is 0.863. The molecule has 4 nitrogen and oxygen atoms in total. The summed E-state index contributed by atoms with van der Waals surface area (Å²) in [6.45, 7) is 0. The van der Waals surface area contributed by atoms with Crippen molar-refractivity contribution in [1.29, 1.82) is 0 Å². The number of carboxylic acid groups (broad SMARTS) is 1. The van der Waals surface area contributed by atoms with Gasteiger partial charge in [-0.1, -0.05) is 0 Å². The third kappa shape index (κ3) is 1.71. The Morgan fingerprint density at radius 1 is 1.35 bits per heavy atom. The molecule has 1 heterocycles. The van der Waals surface area contributed by atoms with Gasteiger partial charge >= 0.3 is 12.1 Å². The maximum absolute atomic E-state index is 12.8. The standard InChI is InChI=1S/C10H8F3NO3/c11-10(12,13)9(3-4-9)14-5-6(8(16)17)1-2-7(14)15/h1-2,5H,3-4H2,(H,16,17). The zero-order valence-electron chi connectivity index (χ0n) is 8.49. The van der Waals surface area contributed by atoms with Crippen molar-refractivity contribution in [1.82, 2.24) is 4.57 Å². The van der Waals surface area contributed by atoms with Gasteiger partial charge in [-0.2, -0.15) is 13.2 Å². The summed E-state index contributed by atoms with van der Waals surface area (Å²) in [6.07, 6.45) is -4.18. The maximum Gasteiger partial charge on any atom is 0.412 e. The Morgan fingerprint density at radius 2 is 1.94 bits per heavy atom. The van der Waals surface area contributed by atoms with Crippen molar-refractivity contribution in [2.24, 2.45) is 0 Å². The van der Waals surface area contributed by atoms with E-state index in [1.807, 2.05) is 0 Å². The van der Waals surface area contributed by atoms with Crippen LogP contribution < -0.4 is 5.56 Å². The SMILES string of the molecule is O=C(O)c1ccc(=O)n(C2(C(F)(F)F)CC2)c1. The van der Waals surface area contributed by atoms with Crippen LogP contribution in [0, 0.1) is 0 Å². The molecule has 0 spiro atoms. The lowest BCUT2D eigenvalue weighted by atomic mass is 10.2. The van der Waals surface area contributed by atoms with Crippen LogP contribution in [0.3, 0.4) is 0 Å². The summed E-state index contributed by atoms with van der Waals surface area (Å²) >= 11 is 0. The van der Waals surface area contributed by atoms with Gasteiger partial charge in [0.25, 0.3) is 5.56 Å². The van der Waals surface area contributed by atoms with Gasteiger partial charge in [0.1, 0.15) is 5.54 Å². The second kappa shape index (κ2) is 3.35. The average Bonchev–Trinajstić information content (AvgIpc) is 2.97. The highest BCUT2D eigenvalue weighted by Gasteiger charge is 2.65. The lowest BCUT2D eigenvalue weighted by Crippen LogP contribution is -2.41. The molecule has 1 saturated carbocycles. The molecular formula is C10H8F3NO3. The van der Waals surface area contributed by atoms with E-state index in [0.717, 1.165) is 18.3 Å². The number of rotatable bonds is 2. The molecule has 1 aliphatic carbocycles. The first kappa shape index (κ1) is 11.7. The second-order valence-electron chi connectivity index (χ2n) is 3.96. The molecule has 0 bridgehead atoms. The van der Waals surface area contributed by atoms with Crippen LogP contribution in [-0.2, 0) is 5.54 Å². The van der Waals surface area contributed by atoms with Gasteiger partial charge in [0.05, 0.1) is 5.56 Å². The fourth-order valence-electron chi connectivity index (χ4n) is 1.73.